The molecule has 0 atom stereocenters. The summed E-state index contributed by atoms with van der Waals surface area (Å²) in [6.45, 7) is 4.06. The molecule has 23 heavy (non-hydrogen) atoms. The third-order valence-electron chi connectivity index (χ3n) is 3.30. The van der Waals surface area contributed by atoms with Crippen molar-refractivity contribution in [3.05, 3.63) is 29.5 Å². The van der Waals surface area contributed by atoms with Gasteiger partial charge in [-0.15, -0.1) is 0 Å². The second kappa shape index (κ2) is 7.04. The van der Waals surface area contributed by atoms with Gasteiger partial charge in [-0.3, -0.25) is 4.72 Å². The van der Waals surface area contributed by atoms with Gasteiger partial charge in [0.15, 0.2) is 0 Å². The highest BCUT2D eigenvalue weighted by Gasteiger charge is 2.22. The second-order valence-corrected chi connectivity index (χ2v) is 7.06. The Morgan fingerprint density at radius 3 is 2.65 bits per heavy atom. The molecule has 2 aromatic rings. The highest BCUT2D eigenvalue weighted by Crippen LogP contribution is 2.30. The third kappa shape index (κ3) is 4.25. The van der Waals surface area contributed by atoms with E-state index in [-0.39, 0.29) is 6.61 Å². The molecule has 0 unspecified atom stereocenters. The van der Waals surface area contributed by atoms with Crippen LogP contribution in [0.2, 0.25) is 0 Å². The number of unbranched alkanes of at least 4 members (excludes halogenated alkanes) is 1. The molecule has 0 radical (unpaired) electrons. The predicted octanol–water partition coefficient (Wildman–Crippen LogP) is 3.32. The number of benzene rings is 1. The SMILES string of the molecule is CCCCc1oc2ccc(NS(C)(=O)=O)cc2c1C(=O)OCC. The molecule has 0 saturated carbocycles. The maximum absolute atomic E-state index is 12.3. The lowest BCUT2D eigenvalue weighted by atomic mass is 10.1. The van der Waals surface area contributed by atoms with E-state index < -0.39 is 16.0 Å². The highest BCUT2D eigenvalue weighted by molar-refractivity contribution is 7.92. The van der Waals surface area contributed by atoms with Crippen molar-refractivity contribution in [2.24, 2.45) is 0 Å². The van der Waals surface area contributed by atoms with Crippen LogP contribution in [0.5, 0.6) is 0 Å². The number of hydrogen-bond acceptors (Lipinski definition) is 5. The number of furan rings is 1. The van der Waals surface area contributed by atoms with Crippen LogP contribution in [-0.4, -0.2) is 27.2 Å². The molecule has 0 saturated heterocycles. The van der Waals surface area contributed by atoms with Crippen LogP contribution in [0, 0.1) is 0 Å². The number of rotatable bonds is 7. The molecule has 1 N–H and O–H groups in total. The first-order chi connectivity index (χ1) is 10.9. The summed E-state index contributed by atoms with van der Waals surface area (Å²) >= 11 is 0. The summed E-state index contributed by atoms with van der Waals surface area (Å²) in [7, 11) is -3.39. The van der Waals surface area contributed by atoms with Gasteiger partial charge < -0.3 is 9.15 Å². The summed E-state index contributed by atoms with van der Waals surface area (Å²) < 4.78 is 36.1. The number of esters is 1. The number of carbonyl (C=O) groups excluding carboxylic acids is 1. The van der Waals surface area contributed by atoms with Gasteiger partial charge in [0.05, 0.1) is 12.9 Å². The normalized spacial score (nSPS) is 11.6. The van der Waals surface area contributed by atoms with Gasteiger partial charge >= 0.3 is 5.97 Å². The lowest BCUT2D eigenvalue weighted by Crippen LogP contribution is -2.09. The first-order valence-electron chi connectivity index (χ1n) is 7.56. The molecule has 126 valence electrons. The fourth-order valence-corrected chi connectivity index (χ4v) is 2.92. The molecule has 1 aromatic heterocycles. The van der Waals surface area contributed by atoms with Gasteiger partial charge in [0, 0.05) is 17.5 Å². The van der Waals surface area contributed by atoms with E-state index in [0.29, 0.717) is 34.4 Å². The minimum atomic E-state index is -3.39. The number of aryl methyl sites for hydroxylation is 1. The van der Waals surface area contributed by atoms with Crippen molar-refractivity contribution < 1.29 is 22.4 Å². The summed E-state index contributed by atoms with van der Waals surface area (Å²) in [5, 5.41) is 0.559. The number of carbonyl (C=O) groups is 1. The Morgan fingerprint density at radius 2 is 2.04 bits per heavy atom. The number of ether oxygens (including phenoxy) is 1. The molecule has 1 heterocycles. The maximum atomic E-state index is 12.3. The summed E-state index contributed by atoms with van der Waals surface area (Å²) in [5.41, 5.74) is 1.30. The van der Waals surface area contributed by atoms with Crippen molar-refractivity contribution in [3.8, 4) is 0 Å². The number of nitrogens with one attached hydrogen (secondary N) is 1. The van der Waals surface area contributed by atoms with E-state index in [1.807, 2.05) is 0 Å². The molecule has 0 aliphatic heterocycles. The topological polar surface area (TPSA) is 85.6 Å². The fourth-order valence-electron chi connectivity index (χ4n) is 2.37. The van der Waals surface area contributed by atoms with E-state index in [2.05, 4.69) is 11.6 Å². The minimum absolute atomic E-state index is 0.264. The first kappa shape index (κ1) is 17.3. The zero-order valence-electron chi connectivity index (χ0n) is 13.5. The molecule has 2 rings (SSSR count). The lowest BCUT2D eigenvalue weighted by molar-refractivity contribution is 0.0525. The van der Waals surface area contributed by atoms with Crippen LogP contribution < -0.4 is 4.72 Å². The predicted molar refractivity (Wildman–Crippen MR) is 89.2 cm³/mol. The average molecular weight is 339 g/mol. The maximum Gasteiger partial charge on any atom is 0.342 e. The second-order valence-electron chi connectivity index (χ2n) is 5.31. The van der Waals surface area contributed by atoms with E-state index in [1.54, 1.807) is 25.1 Å². The van der Waals surface area contributed by atoms with Crippen LogP contribution in [0.1, 0.15) is 42.8 Å². The summed E-state index contributed by atoms with van der Waals surface area (Å²) in [6, 6.07) is 4.86. The van der Waals surface area contributed by atoms with E-state index in [1.165, 1.54) is 0 Å². The van der Waals surface area contributed by atoms with Gasteiger partial charge in [0.1, 0.15) is 16.9 Å². The molecule has 0 spiro atoms. The van der Waals surface area contributed by atoms with Crippen molar-refractivity contribution in [2.75, 3.05) is 17.6 Å². The smallest absolute Gasteiger partial charge is 0.342 e. The Morgan fingerprint density at radius 1 is 1.30 bits per heavy atom. The quantitative estimate of drug-likeness (QED) is 0.782. The van der Waals surface area contributed by atoms with Crippen LogP contribution in [0.15, 0.2) is 22.6 Å². The van der Waals surface area contributed by atoms with Gasteiger partial charge in [-0.05, 0) is 31.5 Å². The van der Waals surface area contributed by atoms with Crippen molar-refractivity contribution >= 4 is 32.6 Å². The largest absolute Gasteiger partial charge is 0.462 e. The van der Waals surface area contributed by atoms with Crippen LogP contribution in [-0.2, 0) is 21.2 Å². The first-order valence-corrected chi connectivity index (χ1v) is 9.45. The highest BCUT2D eigenvalue weighted by atomic mass is 32.2. The fraction of sp³-hybridized carbons (Fsp3) is 0.438. The molecule has 0 aliphatic rings. The number of hydrogen-bond donors (Lipinski definition) is 1. The summed E-state index contributed by atoms with van der Waals surface area (Å²) in [6.07, 6.45) is 3.57. The Labute approximate surface area is 135 Å². The van der Waals surface area contributed by atoms with Gasteiger partial charge in [-0.2, -0.15) is 0 Å². The Bertz CT molecular complexity index is 807. The van der Waals surface area contributed by atoms with Gasteiger partial charge in [-0.1, -0.05) is 13.3 Å². The number of anilines is 1. The van der Waals surface area contributed by atoms with Crippen LogP contribution in [0.3, 0.4) is 0 Å². The molecule has 0 aliphatic carbocycles. The van der Waals surface area contributed by atoms with E-state index in [4.69, 9.17) is 9.15 Å². The lowest BCUT2D eigenvalue weighted by Gasteiger charge is -2.05. The van der Waals surface area contributed by atoms with Gasteiger partial charge in [0.2, 0.25) is 10.0 Å². The van der Waals surface area contributed by atoms with Crippen LogP contribution in [0.25, 0.3) is 11.0 Å². The Kier molecular flexibility index (Phi) is 5.30. The van der Waals surface area contributed by atoms with Crippen molar-refractivity contribution in [1.82, 2.24) is 0 Å². The van der Waals surface area contributed by atoms with Gasteiger partial charge in [-0.25, -0.2) is 13.2 Å². The molecule has 0 amide bonds. The van der Waals surface area contributed by atoms with Crippen LogP contribution in [0.4, 0.5) is 5.69 Å². The van der Waals surface area contributed by atoms with E-state index in [0.717, 1.165) is 19.1 Å². The monoisotopic (exact) mass is 339 g/mol. The Balaban J connectivity index is 2.54. The number of sulfonamides is 1. The number of fused-ring (bicyclic) bond motifs is 1. The molecule has 0 bridgehead atoms. The van der Waals surface area contributed by atoms with E-state index >= 15 is 0 Å². The minimum Gasteiger partial charge on any atom is -0.462 e. The zero-order chi connectivity index (χ0) is 17.0. The molecule has 0 fully saturated rings. The van der Waals surface area contributed by atoms with Gasteiger partial charge in [0.25, 0.3) is 0 Å². The van der Waals surface area contributed by atoms with Crippen molar-refractivity contribution in [3.63, 3.8) is 0 Å². The van der Waals surface area contributed by atoms with Crippen LogP contribution >= 0.6 is 0 Å². The third-order valence-corrected chi connectivity index (χ3v) is 3.91. The average Bonchev–Trinajstić information content (AvgIpc) is 2.81. The van der Waals surface area contributed by atoms with E-state index in [9.17, 15) is 13.2 Å². The zero-order valence-corrected chi connectivity index (χ0v) is 14.3. The van der Waals surface area contributed by atoms with Crippen molar-refractivity contribution in [2.45, 2.75) is 33.1 Å². The molecule has 6 nitrogen and oxygen atoms in total. The molecular formula is C16H21NO5S. The summed E-state index contributed by atoms with van der Waals surface area (Å²) in [5.74, 6) is 0.130. The summed E-state index contributed by atoms with van der Waals surface area (Å²) in [4.78, 5) is 12.3. The standard InChI is InChI=1S/C16H21NO5S/c1-4-6-7-14-15(16(18)21-5-2)12-10-11(17-23(3,19)20)8-9-13(12)22-14/h8-10,17H,4-7H2,1-3H3. The molecule has 7 heteroatoms. The Hall–Kier alpha value is -2.02. The molecule has 1 aromatic carbocycles. The molecular weight excluding hydrogens is 318 g/mol. The van der Waals surface area contributed by atoms with Crippen molar-refractivity contribution in [1.29, 1.82) is 0 Å².